The van der Waals surface area contributed by atoms with Crippen molar-refractivity contribution >= 4 is 11.6 Å². The number of anilines is 1. The molecular formula is C14H15N5O. The van der Waals surface area contributed by atoms with E-state index in [1.807, 2.05) is 25.1 Å². The van der Waals surface area contributed by atoms with Crippen LogP contribution < -0.4 is 11.1 Å². The van der Waals surface area contributed by atoms with Crippen LogP contribution in [0.2, 0.25) is 0 Å². The van der Waals surface area contributed by atoms with Crippen molar-refractivity contribution in [3.05, 3.63) is 42.0 Å². The lowest BCUT2D eigenvalue weighted by atomic mass is 10.1. The maximum absolute atomic E-state index is 11.9. The van der Waals surface area contributed by atoms with Crippen LogP contribution in [0.1, 0.15) is 11.1 Å². The van der Waals surface area contributed by atoms with Gasteiger partial charge in [-0.1, -0.05) is 17.9 Å². The number of aryl methyl sites for hydroxylation is 1. The summed E-state index contributed by atoms with van der Waals surface area (Å²) in [5.41, 5.74) is 7.86. The van der Waals surface area contributed by atoms with E-state index in [1.54, 1.807) is 0 Å². The second kappa shape index (κ2) is 6.50. The number of hydrogen-bond acceptors (Lipinski definition) is 4. The molecule has 0 aliphatic heterocycles. The molecule has 0 aliphatic carbocycles. The highest BCUT2D eigenvalue weighted by Gasteiger charge is 2.06. The average Bonchev–Trinajstić information content (AvgIpc) is 2.92. The molecule has 6 nitrogen and oxygen atoms in total. The first-order valence-corrected chi connectivity index (χ1v) is 6.11. The molecule has 20 heavy (non-hydrogen) atoms. The third-order valence-corrected chi connectivity index (χ3v) is 2.62. The maximum Gasteiger partial charge on any atom is 0.246 e. The molecule has 102 valence electrons. The van der Waals surface area contributed by atoms with Gasteiger partial charge in [0.25, 0.3) is 0 Å². The van der Waals surface area contributed by atoms with Gasteiger partial charge in [0.05, 0.1) is 6.54 Å². The summed E-state index contributed by atoms with van der Waals surface area (Å²) < 4.78 is 1.46. The van der Waals surface area contributed by atoms with E-state index in [4.69, 9.17) is 5.73 Å². The van der Waals surface area contributed by atoms with Gasteiger partial charge in [0.15, 0.2) is 0 Å². The summed E-state index contributed by atoms with van der Waals surface area (Å²) in [6.45, 7) is 2.35. The fraction of sp³-hybridized carbons (Fsp3) is 0.214. The van der Waals surface area contributed by atoms with Gasteiger partial charge in [-0.2, -0.15) is 5.10 Å². The second-order valence-electron chi connectivity index (χ2n) is 4.18. The Kier molecular flexibility index (Phi) is 4.47. The maximum atomic E-state index is 11.9. The van der Waals surface area contributed by atoms with Crippen molar-refractivity contribution in [3.8, 4) is 11.8 Å². The molecule has 0 atom stereocenters. The fourth-order valence-electron chi connectivity index (χ4n) is 1.64. The van der Waals surface area contributed by atoms with Gasteiger partial charge in [-0.05, 0) is 24.6 Å². The zero-order valence-electron chi connectivity index (χ0n) is 11.1. The number of rotatable bonds is 3. The molecule has 0 fully saturated rings. The van der Waals surface area contributed by atoms with Crippen LogP contribution in [0, 0.1) is 18.8 Å². The van der Waals surface area contributed by atoms with Crippen LogP contribution in [0.25, 0.3) is 0 Å². The van der Waals surface area contributed by atoms with Crippen LogP contribution in [0.15, 0.2) is 30.9 Å². The van der Waals surface area contributed by atoms with Gasteiger partial charge in [-0.3, -0.25) is 4.79 Å². The van der Waals surface area contributed by atoms with Crippen molar-refractivity contribution in [1.29, 1.82) is 0 Å². The summed E-state index contributed by atoms with van der Waals surface area (Å²) in [4.78, 5) is 15.7. The molecule has 1 amide bonds. The predicted molar refractivity (Wildman–Crippen MR) is 75.8 cm³/mol. The van der Waals surface area contributed by atoms with Gasteiger partial charge in [0.1, 0.15) is 19.2 Å². The van der Waals surface area contributed by atoms with Crippen LogP contribution >= 0.6 is 0 Å². The zero-order chi connectivity index (χ0) is 14.4. The molecule has 6 heteroatoms. The molecule has 0 spiro atoms. The number of benzene rings is 1. The quantitative estimate of drug-likeness (QED) is 0.796. The summed E-state index contributed by atoms with van der Waals surface area (Å²) in [5.74, 6) is 5.56. The van der Waals surface area contributed by atoms with Gasteiger partial charge >= 0.3 is 0 Å². The number of amides is 1. The van der Waals surface area contributed by atoms with Crippen molar-refractivity contribution in [2.75, 3.05) is 11.9 Å². The molecule has 0 saturated heterocycles. The number of nitrogens with zero attached hydrogens (tertiary/aromatic N) is 3. The van der Waals surface area contributed by atoms with Gasteiger partial charge < -0.3 is 11.1 Å². The van der Waals surface area contributed by atoms with E-state index in [0.29, 0.717) is 6.54 Å². The van der Waals surface area contributed by atoms with E-state index >= 15 is 0 Å². The number of aromatic nitrogens is 3. The van der Waals surface area contributed by atoms with E-state index < -0.39 is 0 Å². The summed E-state index contributed by atoms with van der Waals surface area (Å²) in [5, 5.41) is 6.73. The molecular weight excluding hydrogens is 254 g/mol. The minimum atomic E-state index is -0.164. The SMILES string of the molecule is Cc1ccc(C#CCN)cc1NC(=O)Cn1cncn1. The second-order valence-corrected chi connectivity index (χ2v) is 4.18. The first-order valence-electron chi connectivity index (χ1n) is 6.11. The standard InChI is InChI=1S/C14H15N5O/c1-11-4-5-12(3-2-6-15)7-13(11)18-14(20)8-19-10-16-9-17-19/h4-5,7,9-10H,6,8,15H2,1H3,(H,18,20). The van der Waals surface area contributed by atoms with Gasteiger partial charge in [-0.25, -0.2) is 9.67 Å². The molecule has 0 unspecified atom stereocenters. The summed E-state index contributed by atoms with van der Waals surface area (Å²) >= 11 is 0. The number of nitrogens with two attached hydrogens (primary N) is 1. The van der Waals surface area contributed by atoms with Crippen molar-refractivity contribution in [2.24, 2.45) is 5.73 Å². The number of carbonyl (C=O) groups excluding carboxylic acids is 1. The molecule has 1 heterocycles. The Morgan fingerprint density at radius 1 is 1.50 bits per heavy atom. The van der Waals surface area contributed by atoms with E-state index in [2.05, 4.69) is 27.2 Å². The van der Waals surface area contributed by atoms with E-state index in [0.717, 1.165) is 16.8 Å². The van der Waals surface area contributed by atoms with Gasteiger partial charge in [0.2, 0.25) is 5.91 Å². The highest BCUT2D eigenvalue weighted by Crippen LogP contribution is 2.16. The normalized spacial score (nSPS) is 9.70. The van der Waals surface area contributed by atoms with Crippen LogP contribution in [0.4, 0.5) is 5.69 Å². The molecule has 0 radical (unpaired) electrons. The van der Waals surface area contributed by atoms with Crippen LogP contribution in [-0.4, -0.2) is 27.2 Å². The first kappa shape index (κ1) is 13.8. The molecule has 0 bridgehead atoms. The minimum absolute atomic E-state index is 0.123. The molecule has 0 saturated carbocycles. The lowest BCUT2D eigenvalue weighted by Gasteiger charge is -2.08. The van der Waals surface area contributed by atoms with Crippen LogP contribution in [0.5, 0.6) is 0 Å². The van der Waals surface area contributed by atoms with Crippen molar-refractivity contribution < 1.29 is 4.79 Å². The third kappa shape index (κ3) is 3.67. The Morgan fingerprint density at radius 2 is 2.35 bits per heavy atom. The molecule has 0 aliphatic rings. The smallest absolute Gasteiger partial charge is 0.246 e. The average molecular weight is 269 g/mol. The monoisotopic (exact) mass is 269 g/mol. The topological polar surface area (TPSA) is 85.8 Å². The zero-order valence-corrected chi connectivity index (χ0v) is 11.1. The first-order chi connectivity index (χ1) is 9.69. The number of carbonyl (C=O) groups is 1. The Bertz CT molecular complexity index is 652. The van der Waals surface area contributed by atoms with Crippen LogP contribution in [0.3, 0.4) is 0 Å². The molecule has 2 rings (SSSR count). The Balaban J connectivity index is 2.09. The Hall–Kier alpha value is -2.65. The van der Waals surface area contributed by atoms with Crippen molar-refractivity contribution in [3.63, 3.8) is 0 Å². The molecule has 1 aromatic heterocycles. The van der Waals surface area contributed by atoms with E-state index in [-0.39, 0.29) is 12.5 Å². The third-order valence-electron chi connectivity index (χ3n) is 2.62. The summed E-state index contributed by atoms with van der Waals surface area (Å²) in [6, 6.07) is 5.63. The summed E-state index contributed by atoms with van der Waals surface area (Å²) in [7, 11) is 0. The van der Waals surface area contributed by atoms with E-state index in [9.17, 15) is 4.79 Å². The lowest BCUT2D eigenvalue weighted by molar-refractivity contribution is -0.116. The van der Waals surface area contributed by atoms with Gasteiger partial charge in [-0.15, -0.1) is 0 Å². The summed E-state index contributed by atoms with van der Waals surface area (Å²) in [6.07, 6.45) is 2.89. The largest absolute Gasteiger partial charge is 0.324 e. The Morgan fingerprint density at radius 3 is 3.05 bits per heavy atom. The van der Waals surface area contributed by atoms with Crippen molar-refractivity contribution in [2.45, 2.75) is 13.5 Å². The number of nitrogens with one attached hydrogen (secondary N) is 1. The van der Waals surface area contributed by atoms with E-state index in [1.165, 1.54) is 17.3 Å². The number of hydrogen-bond donors (Lipinski definition) is 2. The molecule has 2 aromatic rings. The van der Waals surface area contributed by atoms with Gasteiger partial charge in [0, 0.05) is 11.3 Å². The fourth-order valence-corrected chi connectivity index (χ4v) is 1.64. The lowest BCUT2D eigenvalue weighted by Crippen LogP contribution is -2.19. The Labute approximate surface area is 117 Å². The molecule has 1 aromatic carbocycles. The minimum Gasteiger partial charge on any atom is -0.324 e. The van der Waals surface area contributed by atoms with Crippen LogP contribution in [-0.2, 0) is 11.3 Å². The predicted octanol–water partition coefficient (Wildman–Crippen LogP) is 0.535. The highest BCUT2D eigenvalue weighted by atomic mass is 16.2. The molecule has 3 N–H and O–H groups in total. The van der Waals surface area contributed by atoms with Crippen molar-refractivity contribution in [1.82, 2.24) is 14.8 Å². The highest BCUT2D eigenvalue weighted by molar-refractivity contribution is 5.91.